The highest BCUT2D eigenvalue weighted by Crippen LogP contribution is 2.20. The molecule has 3 heterocycles. The molecule has 0 aliphatic heterocycles. The molecule has 0 bridgehead atoms. The third-order valence-corrected chi connectivity index (χ3v) is 5.55. The number of hydrogen-bond acceptors (Lipinski definition) is 6. The molecule has 0 radical (unpaired) electrons. The Kier molecular flexibility index (Phi) is 5.80. The molecule has 0 aliphatic carbocycles. The van der Waals surface area contributed by atoms with Crippen LogP contribution in [0.3, 0.4) is 0 Å². The number of anilines is 3. The van der Waals surface area contributed by atoms with E-state index >= 15 is 0 Å². The maximum absolute atomic E-state index is 12.8. The fourth-order valence-corrected chi connectivity index (χ4v) is 3.81. The molecule has 174 valence electrons. The third kappa shape index (κ3) is 4.65. The van der Waals surface area contributed by atoms with Crippen LogP contribution in [0, 0.1) is 20.8 Å². The van der Waals surface area contributed by atoms with Crippen molar-refractivity contribution in [1.29, 1.82) is 0 Å². The summed E-state index contributed by atoms with van der Waals surface area (Å²) in [5.74, 6) is 1.05. The van der Waals surface area contributed by atoms with E-state index in [9.17, 15) is 4.79 Å². The molecule has 0 saturated heterocycles. The Balaban J connectivity index is 1.24. The predicted molar refractivity (Wildman–Crippen MR) is 135 cm³/mol. The SMILES string of the molecule is Cc1cc(C)n(-c2ccc(Nc3ccc(NC(=O)c4cnn(-c5ccccc5)c4C)cc3)nn2)n1. The molecule has 0 saturated carbocycles. The maximum Gasteiger partial charge on any atom is 0.259 e. The summed E-state index contributed by atoms with van der Waals surface area (Å²) in [5, 5.41) is 23.5. The number of carbonyl (C=O) groups excluding carboxylic acids is 1. The first-order valence-corrected chi connectivity index (χ1v) is 11.1. The van der Waals surface area contributed by atoms with Crippen LogP contribution in [0.25, 0.3) is 11.5 Å². The molecule has 2 aromatic carbocycles. The molecule has 9 heteroatoms. The lowest BCUT2D eigenvalue weighted by Gasteiger charge is -2.09. The molecule has 0 spiro atoms. The topological polar surface area (TPSA) is 103 Å². The van der Waals surface area contributed by atoms with Gasteiger partial charge in [-0.25, -0.2) is 9.36 Å². The second-order valence-electron chi connectivity index (χ2n) is 8.16. The largest absolute Gasteiger partial charge is 0.339 e. The average Bonchev–Trinajstić information content (AvgIpc) is 3.42. The first-order valence-electron chi connectivity index (χ1n) is 11.1. The highest BCUT2D eigenvalue weighted by Gasteiger charge is 2.15. The summed E-state index contributed by atoms with van der Waals surface area (Å²) < 4.78 is 3.51. The summed E-state index contributed by atoms with van der Waals surface area (Å²) in [6.07, 6.45) is 1.59. The van der Waals surface area contributed by atoms with Gasteiger partial charge in [0.05, 0.1) is 28.8 Å². The standard InChI is InChI=1S/C26H24N8O/c1-17-15-18(2)33(32-17)25-14-13-24(30-31-25)28-20-9-11-21(12-10-20)29-26(35)23-16-27-34(19(23)3)22-7-5-4-6-8-22/h4-16H,1-3H3,(H,28,30)(H,29,35). The van der Waals surface area contributed by atoms with Gasteiger partial charge in [-0.1, -0.05) is 18.2 Å². The molecular formula is C26H24N8O. The minimum atomic E-state index is -0.212. The van der Waals surface area contributed by atoms with Crippen molar-refractivity contribution in [3.8, 4) is 11.5 Å². The predicted octanol–water partition coefficient (Wildman–Crippen LogP) is 4.77. The summed E-state index contributed by atoms with van der Waals surface area (Å²) in [4.78, 5) is 12.8. The Morgan fingerprint density at radius 2 is 1.57 bits per heavy atom. The summed E-state index contributed by atoms with van der Waals surface area (Å²) in [6, 6.07) is 22.8. The molecule has 0 fully saturated rings. The zero-order chi connectivity index (χ0) is 24.4. The first-order chi connectivity index (χ1) is 17.0. The number of carbonyl (C=O) groups is 1. The Bertz CT molecular complexity index is 1470. The molecule has 0 aliphatic rings. The first kappa shape index (κ1) is 22.0. The summed E-state index contributed by atoms with van der Waals surface area (Å²) in [7, 11) is 0. The van der Waals surface area contributed by atoms with Gasteiger partial charge in [0.25, 0.3) is 5.91 Å². The maximum atomic E-state index is 12.8. The van der Waals surface area contributed by atoms with Crippen LogP contribution in [0.4, 0.5) is 17.2 Å². The van der Waals surface area contributed by atoms with Gasteiger partial charge >= 0.3 is 0 Å². The van der Waals surface area contributed by atoms with Gasteiger partial charge in [-0.15, -0.1) is 10.2 Å². The molecule has 5 aromatic rings. The molecule has 1 amide bonds. The Morgan fingerprint density at radius 3 is 2.23 bits per heavy atom. The second kappa shape index (κ2) is 9.22. The highest BCUT2D eigenvalue weighted by atomic mass is 16.1. The van der Waals surface area contributed by atoms with E-state index in [4.69, 9.17) is 0 Å². The van der Waals surface area contributed by atoms with Crippen molar-refractivity contribution in [2.45, 2.75) is 20.8 Å². The lowest BCUT2D eigenvalue weighted by Crippen LogP contribution is -2.13. The van der Waals surface area contributed by atoms with E-state index < -0.39 is 0 Å². The number of aryl methyl sites for hydroxylation is 2. The van der Waals surface area contributed by atoms with E-state index in [0.717, 1.165) is 28.5 Å². The zero-order valence-electron chi connectivity index (χ0n) is 19.6. The van der Waals surface area contributed by atoms with Crippen LogP contribution in [0.15, 0.2) is 79.0 Å². The van der Waals surface area contributed by atoms with Crippen LogP contribution in [-0.4, -0.2) is 35.7 Å². The molecule has 9 nitrogen and oxygen atoms in total. The molecule has 0 atom stereocenters. The lowest BCUT2D eigenvalue weighted by atomic mass is 10.2. The number of aromatic nitrogens is 6. The molecule has 3 aromatic heterocycles. The molecule has 0 unspecified atom stereocenters. The quantitative estimate of drug-likeness (QED) is 0.375. The van der Waals surface area contributed by atoms with Crippen LogP contribution in [-0.2, 0) is 0 Å². The van der Waals surface area contributed by atoms with Crippen molar-refractivity contribution in [3.63, 3.8) is 0 Å². The summed E-state index contributed by atoms with van der Waals surface area (Å²) in [5.41, 5.74) is 5.63. The van der Waals surface area contributed by atoms with E-state index in [2.05, 4.69) is 31.0 Å². The minimum absolute atomic E-state index is 0.212. The van der Waals surface area contributed by atoms with Gasteiger partial charge in [-0.3, -0.25) is 4.79 Å². The van der Waals surface area contributed by atoms with Crippen LogP contribution >= 0.6 is 0 Å². The van der Waals surface area contributed by atoms with Gasteiger partial charge in [0.15, 0.2) is 11.6 Å². The number of rotatable bonds is 6. The van der Waals surface area contributed by atoms with Crippen molar-refractivity contribution in [2.75, 3.05) is 10.6 Å². The Labute approximate surface area is 202 Å². The number of benzene rings is 2. The van der Waals surface area contributed by atoms with Crippen LogP contribution in [0.1, 0.15) is 27.4 Å². The van der Waals surface area contributed by atoms with Crippen molar-refractivity contribution in [2.24, 2.45) is 0 Å². The molecular weight excluding hydrogens is 440 g/mol. The van der Waals surface area contributed by atoms with Gasteiger partial charge < -0.3 is 10.6 Å². The average molecular weight is 465 g/mol. The fourth-order valence-electron chi connectivity index (χ4n) is 3.81. The van der Waals surface area contributed by atoms with Gasteiger partial charge in [-0.05, 0) is 75.4 Å². The van der Waals surface area contributed by atoms with Crippen molar-refractivity contribution in [1.82, 2.24) is 29.8 Å². The van der Waals surface area contributed by atoms with Crippen molar-refractivity contribution >= 4 is 23.1 Å². The molecule has 5 rings (SSSR count). The number of nitrogens with one attached hydrogen (secondary N) is 2. The molecule has 35 heavy (non-hydrogen) atoms. The number of nitrogens with zero attached hydrogens (tertiary/aromatic N) is 6. The number of amides is 1. The summed E-state index contributed by atoms with van der Waals surface area (Å²) >= 11 is 0. The van der Waals surface area contributed by atoms with E-state index in [1.165, 1.54) is 0 Å². The molecule has 2 N–H and O–H groups in total. The van der Waals surface area contributed by atoms with Crippen molar-refractivity contribution < 1.29 is 4.79 Å². The van der Waals surface area contributed by atoms with Gasteiger partial charge in [0, 0.05) is 17.1 Å². The van der Waals surface area contributed by atoms with Crippen LogP contribution in [0.5, 0.6) is 0 Å². The Morgan fingerprint density at radius 1 is 0.829 bits per heavy atom. The Hall–Kier alpha value is -4.79. The lowest BCUT2D eigenvalue weighted by molar-refractivity contribution is 0.102. The van der Waals surface area contributed by atoms with E-state index in [1.54, 1.807) is 15.6 Å². The monoisotopic (exact) mass is 464 g/mol. The number of para-hydroxylation sites is 1. The van der Waals surface area contributed by atoms with E-state index in [1.807, 2.05) is 93.6 Å². The highest BCUT2D eigenvalue weighted by molar-refractivity contribution is 6.05. The third-order valence-electron chi connectivity index (χ3n) is 5.55. The number of hydrogen-bond donors (Lipinski definition) is 2. The second-order valence-corrected chi connectivity index (χ2v) is 8.16. The van der Waals surface area contributed by atoms with Gasteiger partial charge in [0.1, 0.15) is 0 Å². The van der Waals surface area contributed by atoms with Crippen LogP contribution < -0.4 is 10.6 Å². The van der Waals surface area contributed by atoms with Crippen molar-refractivity contribution in [3.05, 3.63) is 102 Å². The fraction of sp³-hybridized carbons (Fsp3) is 0.115. The van der Waals surface area contributed by atoms with E-state index in [-0.39, 0.29) is 5.91 Å². The van der Waals surface area contributed by atoms with Gasteiger partial charge in [-0.2, -0.15) is 10.2 Å². The normalized spacial score (nSPS) is 10.8. The van der Waals surface area contributed by atoms with Gasteiger partial charge in [0.2, 0.25) is 0 Å². The smallest absolute Gasteiger partial charge is 0.259 e. The summed E-state index contributed by atoms with van der Waals surface area (Å²) in [6.45, 7) is 5.80. The van der Waals surface area contributed by atoms with E-state index in [0.29, 0.717) is 22.9 Å². The van der Waals surface area contributed by atoms with Crippen LogP contribution in [0.2, 0.25) is 0 Å². The zero-order valence-corrected chi connectivity index (χ0v) is 19.6. The minimum Gasteiger partial charge on any atom is -0.339 e.